The van der Waals surface area contributed by atoms with Crippen molar-refractivity contribution >= 4 is 23.4 Å². The Morgan fingerprint density at radius 1 is 1.32 bits per heavy atom. The molecule has 0 aromatic heterocycles. The fourth-order valence-corrected chi connectivity index (χ4v) is 1.91. The van der Waals surface area contributed by atoms with E-state index in [2.05, 4.69) is 5.32 Å². The Morgan fingerprint density at radius 2 is 1.95 bits per heavy atom. The smallest absolute Gasteiger partial charge is 0.239 e. The van der Waals surface area contributed by atoms with Crippen LogP contribution in [0.3, 0.4) is 0 Å². The van der Waals surface area contributed by atoms with Crippen molar-refractivity contribution in [1.29, 1.82) is 0 Å². The highest BCUT2D eigenvalue weighted by molar-refractivity contribution is 6.31. The number of carbonyl (C=O) groups is 2. The molecule has 0 fully saturated rings. The van der Waals surface area contributed by atoms with Gasteiger partial charge in [0.1, 0.15) is 0 Å². The largest absolute Gasteiger partial charge is 0.350 e. The van der Waals surface area contributed by atoms with Crippen molar-refractivity contribution in [2.75, 3.05) is 6.54 Å². The van der Waals surface area contributed by atoms with Crippen LogP contribution in [-0.2, 0) is 16.1 Å². The monoisotopic (exact) mass is 282 g/mol. The molecule has 4 nitrogen and oxygen atoms in total. The van der Waals surface area contributed by atoms with E-state index in [-0.39, 0.29) is 24.4 Å². The summed E-state index contributed by atoms with van der Waals surface area (Å²) >= 11 is 6.00. The van der Waals surface area contributed by atoms with Gasteiger partial charge in [-0.25, -0.2) is 0 Å². The number of nitrogens with zero attached hydrogens (tertiary/aromatic N) is 1. The average molecular weight is 283 g/mol. The fourth-order valence-electron chi connectivity index (χ4n) is 1.70. The summed E-state index contributed by atoms with van der Waals surface area (Å²) in [5.74, 6) is -0.299. The van der Waals surface area contributed by atoms with Crippen LogP contribution in [0.5, 0.6) is 0 Å². The summed E-state index contributed by atoms with van der Waals surface area (Å²) in [7, 11) is 0. The zero-order valence-electron chi connectivity index (χ0n) is 11.4. The predicted molar refractivity (Wildman–Crippen MR) is 75.8 cm³/mol. The van der Waals surface area contributed by atoms with E-state index in [1.165, 1.54) is 11.8 Å². The van der Waals surface area contributed by atoms with Crippen LogP contribution in [0.1, 0.15) is 26.3 Å². The summed E-state index contributed by atoms with van der Waals surface area (Å²) in [6.07, 6.45) is 0. The lowest BCUT2D eigenvalue weighted by Crippen LogP contribution is -2.43. The maximum Gasteiger partial charge on any atom is 0.239 e. The van der Waals surface area contributed by atoms with Crippen LogP contribution < -0.4 is 5.32 Å². The van der Waals surface area contributed by atoms with Crippen LogP contribution in [0, 0.1) is 0 Å². The first-order valence-corrected chi connectivity index (χ1v) is 6.57. The molecule has 0 aliphatic rings. The molecule has 0 unspecified atom stereocenters. The topological polar surface area (TPSA) is 49.4 Å². The number of amides is 2. The lowest BCUT2D eigenvalue weighted by atomic mass is 10.2. The molecule has 5 heteroatoms. The third-order valence-electron chi connectivity index (χ3n) is 2.78. The lowest BCUT2D eigenvalue weighted by molar-refractivity contribution is -0.136. The van der Waals surface area contributed by atoms with Crippen LogP contribution in [-0.4, -0.2) is 29.3 Å². The number of hydrogen-bond acceptors (Lipinski definition) is 2. The van der Waals surface area contributed by atoms with Crippen LogP contribution in [0.4, 0.5) is 0 Å². The van der Waals surface area contributed by atoms with Crippen molar-refractivity contribution in [3.63, 3.8) is 0 Å². The van der Waals surface area contributed by atoms with E-state index < -0.39 is 0 Å². The van der Waals surface area contributed by atoms with Crippen molar-refractivity contribution in [2.45, 2.75) is 33.4 Å². The third-order valence-corrected chi connectivity index (χ3v) is 3.14. The summed E-state index contributed by atoms with van der Waals surface area (Å²) in [4.78, 5) is 24.7. The second-order valence-electron chi connectivity index (χ2n) is 4.61. The zero-order valence-corrected chi connectivity index (χ0v) is 12.2. The summed E-state index contributed by atoms with van der Waals surface area (Å²) in [6, 6.07) is 7.34. The van der Waals surface area contributed by atoms with Gasteiger partial charge in [-0.3, -0.25) is 9.59 Å². The molecule has 2 amide bonds. The van der Waals surface area contributed by atoms with Gasteiger partial charge >= 0.3 is 0 Å². The first kappa shape index (κ1) is 15.5. The first-order chi connectivity index (χ1) is 8.91. The van der Waals surface area contributed by atoms with Crippen molar-refractivity contribution in [3.8, 4) is 0 Å². The molecule has 0 spiro atoms. The molecular weight excluding hydrogens is 264 g/mol. The summed E-state index contributed by atoms with van der Waals surface area (Å²) in [6.45, 7) is 5.65. The van der Waals surface area contributed by atoms with Gasteiger partial charge in [0.05, 0.1) is 6.54 Å². The van der Waals surface area contributed by atoms with Gasteiger partial charge in [-0.15, -0.1) is 0 Å². The van der Waals surface area contributed by atoms with E-state index in [0.717, 1.165) is 5.56 Å². The minimum absolute atomic E-state index is 0.00330. The maximum atomic E-state index is 11.8. The SMILES string of the molecule is CC(=O)N(CC(=O)NCc1ccccc1Cl)C(C)C. The number of halogens is 1. The number of benzene rings is 1. The molecule has 1 rings (SSSR count). The van der Waals surface area contributed by atoms with E-state index in [9.17, 15) is 9.59 Å². The number of nitrogens with one attached hydrogen (secondary N) is 1. The second-order valence-corrected chi connectivity index (χ2v) is 5.02. The highest BCUT2D eigenvalue weighted by Crippen LogP contribution is 2.14. The van der Waals surface area contributed by atoms with E-state index in [4.69, 9.17) is 11.6 Å². The molecule has 1 N–H and O–H groups in total. The van der Waals surface area contributed by atoms with Gasteiger partial charge in [0.15, 0.2) is 0 Å². The number of hydrogen-bond donors (Lipinski definition) is 1. The Balaban J connectivity index is 2.52. The molecule has 0 saturated heterocycles. The molecule has 0 heterocycles. The van der Waals surface area contributed by atoms with Gasteiger partial charge in [0.2, 0.25) is 11.8 Å². The van der Waals surface area contributed by atoms with E-state index in [1.807, 2.05) is 32.0 Å². The second kappa shape index (κ2) is 7.14. The standard InChI is InChI=1S/C14H19ClN2O2/c1-10(2)17(11(3)18)9-14(19)16-8-12-6-4-5-7-13(12)15/h4-7,10H,8-9H2,1-3H3,(H,16,19). The van der Waals surface area contributed by atoms with Gasteiger partial charge in [-0.05, 0) is 25.5 Å². The molecule has 0 aliphatic heterocycles. The van der Waals surface area contributed by atoms with Crippen LogP contribution >= 0.6 is 11.6 Å². The van der Waals surface area contributed by atoms with Crippen molar-refractivity contribution in [1.82, 2.24) is 10.2 Å². The summed E-state index contributed by atoms with van der Waals surface area (Å²) < 4.78 is 0. The van der Waals surface area contributed by atoms with Gasteiger partial charge in [-0.2, -0.15) is 0 Å². The van der Waals surface area contributed by atoms with Gasteiger partial charge in [-0.1, -0.05) is 29.8 Å². The Hall–Kier alpha value is -1.55. The molecule has 1 aromatic rings. The molecule has 0 atom stereocenters. The van der Waals surface area contributed by atoms with Crippen LogP contribution in [0.2, 0.25) is 5.02 Å². The highest BCUT2D eigenvalue weighted by Gasteiger charge is 2.16. The Bertz CT molecular complexity index is 461. The molecule has 19 heavy (non-hydrogen) atoms. The zero-order chi connectivity index (χ0) is 14.4. The molecule has 0 saturated carbocycles. The minimum atomic E-state index is -0.191. The minimum Gasteiger partial charge on any atom is -0.350 e. The Labute approximate surface area is 118 Å². The first-order valence-electron chi connectivity index (χ1n) is 6.19. The quantitative estimate of drug-likeness (QED) is 0.900. The van der Waals surface area contributed by atoms with E-state index in [1.54, 1.807) is 6.07 Å². The fraction of sp³-hybridized carbons (Fsp3) is 0.429. The summed E-state index contributed by atoms with van der Waals surface area (Å²) in [5, 5.41) is 3.38. The molecule has 0 aliphatic carbocycles. The highest BCUT2D eigenvalue weighted by atomic mass is 35.5. The molecule has 0 bridgehead atoms. The normalized spacial score (nSPS) is 10.4. The molecule has 0 radical (unpaired) electrons. The Morgan fingerprint density at radius 3 is 2.47 bits per heavy atom. The van der Waals surface area contributed by atoms with Crippen molar-refractivity contribution in [3.05, 3.63) is 34.9 Å². The van der Waals surface area contributed by atoms with Crippen molar-refractivity contribution < 1.29 is 9.59 Å². The van der Waals surface area contributed by atoms with Crippen LogP contribution in [0.15, 0.2) is 24.3 Å². The van der Waals surface area contributed by atoms with E-state index >= 15 is 0 Å². The van der Waals surface area contributed by atoms with E-state index in [0.29, 0.717) is 11.6 Å². The van der Waals surface area contributed by atoms with Crippen LogP contribution in [0.25, 0.3) is 0 Å². The third kappa shape index (κ3) is 4.91. The number of rotatable bonds is 5. The molecular formula is C14H19ClN2O2. The average Bonchev–Trinajstić information content (AvgIpc) is 2.34. The summed E-state index contributed by atoms with van der Waals surface area (Å²) in [5.41, 5.74) is 0.858. The van der Waals surface area contributed by atoms with Crippen molar-refractivity contribution in [2.24, 2.45) is 0 Å². The molecule has 1 aromatic carbocycles. The maximum absolute atomic E-state index is 11.8. The lowest BCUT2D eigenvalue weighted by Gasteiger charge is -2.24. The van der Waals surface area contributed by atoms with Gasteiger partial charge < -0.3 is 10.2 Å². The molecule has 104 valence electrons. The van der Waals surface area contributed by atoms with Gasteiger partial charge in [0.25, 0.3) is 0 Å². The Kier molecular flexibility index (Phi) is 5.83. The number of carbonyl (C=O) groups excluding carboxylic acids is 2. The predicted octanol–water partition coefficient (Wildman–Crippen LogP) is 2.21. The van der Waals surface area contributed by atoms with Gasteiger partial charge in [0, 0.05) is 24.5 Å².